The third-order valence-electron chi connectivity index (χ3n) is 5.20. The van der Waals surface area contributed by atoms with Crippen LogP contribution in [0.5, 0.6) is 0 Å². The Hall–Kier alpha value is -2.29. The highest BCUT2D eigenvalue weighted by Crippen LogP contribution is 2.41. The highest BCUT2D eigenvalue weighted by Gasteiger charge is 2.50. The lowest BCUT2D eigenvalue weighted by atomic mass is 9.81. The number of benzene rings is 1. The van der Waals surface area contributed by atoms with Gasteiger partial charge in [0.15, 0.2) is 0 Å². The van der Waals surface area contributed by atoms with Crippen molar-refractivity contribution in [2.24, 2.45) is 5.41 Å². The van der Waals surface area contributed by atoms with Crippen molar-refractivity contribution in [1.29, 1.82) is 0 Å². The van der Waals surface area contributed by atoms with Crippen molar-refractivity contribution in [2.45, 2.75) is 11.3 Å². The monoisotopic (exact) mass is 371 g/mol. The molecule has 0 radical (unpaired) electrons. The van der Waals surface area contributed by atoms with Crippen molar-refractivity contribution in [2.75, 3.05) is 26.3 Å². The van der Waals surface area contributed by atoms with Crippen LogP contribution in [0, 0.1) is 5.41 Å². The average molecular weight is 371 g/mol. The maximum atomic E-state index is 13.0. The van der Waals surface area contributed by atoms with Gasteiger partial charge < -0.3 is 9.26 Å². The maximum absolute atomic E-state index is 13.0. The van der Waals surface area contributed by atoms with Gasteiger partial charge in [0.1, 0.15) is 10.6 Å². The van der Waals surface area contributed by atoms with Crippen LogP contribution in [0.15, 0.2) is 52.0 Å². The van der Waals surface area contributed by atoms with Crippen LogP contribution in [-0.2, 0) is 14.8 Å². The number of ether oxygens (including phenoxy) is 1. The van der Waals surface area contributed by atoms with Crippen molar-refractivity contribution >= 4 is 21.1 Å². The van der Waals surface area contributed by atoms with Crippen LogP contribution in [0.4, 0.5) is 0 Å². The van der Waals surface area contributed by atoms with Crippen LogP contribution in [0.3, 0.4) is 0 Å². The molecule has 1 aromatic carbocycles. The van der Waals surface area contributed by atoms with Crippen LogP contribution in [0.2, 0.25) is 0 Å². The lowest BCUT2D eigenvalue weighted by Crippen LogP contribution is -2.58. The predicted octanol–water partition coefficient (Wildman–Crippen LogP) is 2.30. The van der Waals surface area contributed by atoms with Gasteiger partial charge in [0.2, 0.25) is 10.0 Å². The molecule has 4 heterocycles. The van der Waals surface area contributed by atoms with Gasteiger partial charge >= 0.3 is 0 Å². The lowest BCUT2D eigenvalue weighted by Gasteiger charge is -2.45. The first-order valence-corrected chi connectivity index (χ1v) is 9.90. The highest BCUT2D eigenvalue weighted by molar-refractivity contribution is 7.89. The molecular weight excluding hydrogens is 354 g/mol. The van der Waals surface area contributed by atoms with Gasteiger partial charge in [0, 0.05) is 30.7 Å². The molecular formula is C18H17N3O4S. The number of hydrogen-bond donors (Lipinski definition) is 0. The molecule has 0 aliphatic carbocycles. The largest absolute Gasteiger partial charge is 0.381 e. The van der Waals surface area contributed by atoms with E-state index >= 15 is 0 Å². The second-order valence-electron chi connectivity index (χ2n) is 7.00. The third-order valence-corrected chi connectivity index (χ3v) is 6.96. The number of hydrogen-bond acceptors (Lipinski definition) is 6. The quantitative estimate of drug-likeness (QED) is 0.702. The number of rotatable bonds is 3. The van der Waals surface area contributed by atoms with Gasteiger partial charge in [0.05, 0.1) is 18.2 Å². The molecule has 0 amide bonds. The molecule has 0 N–H and O–H groups in total. The summed E-state index contributed by atoms with van der Waals surface area (Å²) >= 11 is 0. The first-order chi connectivity index (χ1) is 12.6. The average Bonchev–Trinajstić information content (AvgIpc) is 3.28. The molecule has 2 aliphatic rings. The third kappa shape index (κ3) is 2.37. The Morgan fingerprint density at radius 3 is 2.69 bits per heavy atom. The molecule has 5 rings (SSSR count). The molecule has 2 aliphatic heterocycles. The maximum Gasteiger partial charge on any atom is 0.258 e. The smallest absolute Gasteiger partial charge is 0.258 e. The van der Waals surface area contributed by atoms with E-state index < -0.39 is 10.0 Å². The van der Waals surface area contributed by atoms with Crippen LogP contribution in [-0.4, -0.2) is 49.2 Å². The molecule has 2 aromatic heterocycles. The summed E-state index contributed by atoms with van der Waals surface area (Å²) in [5.41, 5.74) is 1.77. The Kier molecular flexibility index (Phi) is 3.43. The molecule has 8 heteroatoms. The van der Waals surface area contributed by atoms with E-state index in [2.05, 4.69) is 10.1 Å². The fourth-order valence-electron chi connectivity index (χ4n) is 3.68. The molecule has 0 bridgehead atoms. The van der Waals surface area contributed by atoms with E-state index in [1.54, 1.807) is 6.07 Å². The highest BCUT2D eigenvalue weighted by atomic mass is 32.2. The van der Waals surface area contributed by atoms with Gasteiger partial charge in [-0.2, -0.15) is 4.31 Å². The molecule has 0 atom stereocenters. The first-order valence-electron chi connectivity index (χ1n) is 8.46. The molecule has 134 valence electrons. The first kappa shape index (κ1) is 15.9. The Labute approximate surface area is 150 Å². The number of fused-ring (bicyclic) bond motifs is 1. The van der Waals surface area contributed by atoms with Gasteiger partial charge in [0.25, 0.3) is 5.71 Å². The van der Waals surface area contributed by atoms with Crippen molar-refractivity contribution < 1.29 is 17.7 Å². The van der Waals surface area contributed by atoms with Gasteiger partial charge in [-0.25, -0.2) is 13.4 Å². The van der Waals surface area contributed by atoms with E-state index in [0.717, 1.165) is 12.0 Å². The minimum absolute atomic E-state index is 0.00298. The minimum atomic E-state index is -3.59. The second kappa shape index (κ2) is 5.60. The van der Waals surface area contributed by atoms with Crippen molar-refractivity contribution in [3.63, 3.8) is 0 Å². The van der Waals surface area contributed by atoms with Gasteiger partial charge in [-0.15, -0.1) is 0 Å². The fraction of sp³-hybridized carbons (Fsp3) is 0.333. The van der Waals surface area contributed by atoms with Gasteiger partial charge in [-0.3, -0.25) is 0 Å². The molecule has 2 fully saturated rings. The molecule has 0 saturated carbocycles. The number of sulfonamides is 1. The van der Waals surface area contributed by atoms with Crippen LogP contribution in [0.25, 0.3) is 22.4 Å². The molecule has 3 aromatic rings. The van der Waals surface area contributed by atoms with Crippen LogP contribution in [0.1, 0.15) is 6.42 Å². The van der Waals surface area contributed by atoms with Crippen LogP contribution >= 0.6 is 0 Å². The zero-order valence-corrected chi connectivity index (χ0v) is 14.8. The summed E-state index contributed by atoms with van der Waals surface area (Å²) in [5.74, 6) is 0. The van der Waals surface area contributed by atoms with E-state index in [-0.39, 0.29) is 10.3 Å². The van der Waals surface area contributed by atoms with Gasteiger partial charge in [-0.05, 0) is 12.5 Å². The number of nitrogens with zero attached hydrogens (tertiary/aromatic N) is 3. The summed E-state index contributed by atoms with van der Waals surface area (Å²) in [4.78, 5) is 4.33. The van der Waals surface area contributed by atoms with E-state index in [1.807, 2.05) is 30.3 Å². The molecule has 0 unspecified atom stereocenters. The van der Waals surface area contributed by atoms with Gasteiger partial charge in [-0.1, -0.05) is 35.5 Å². The Morgan fingerprint density at radius 1 is 1.15 bits per heavy atom. The number of aromatic nitrogens is 2. The Balaban J connectivity index is 1.51. The van der Waals surface area contributed by atoms with Crippen molar-refractivity contribution in [3.05, 3.63) is 42.6 Å². The summed E-state index contributed by atoms with van der Waals surface area (Å²) in [7, 11) is -3.59. The van der Waals surface area contributed by atoms with Crippen LogP contribution < -0.4 is 0 Å². The molecule has 2 saturated heterocycles. The topological polar surface area (TPSA) is 85.5 Å². The molecule has 1 spiro atoms. The Morgan fingerprint density at radius 2 is 1.96 bits per heavy atom. The zero-order valence-electron chi connectivity index (χ0n) is 14.0. The summed E-state index contributed by atoms with van der Waals surface area (Å²) in [6.45, 7) is 2.35. The predicted molar refractivity (Wildman–Crippen MR) is 93.9 cm³/mol. The summed E-state index contributed by atoms with van der Waals surface area (Å²) in [5, 5.41) is 4.66. The fourth-order valence-corrected chi connectivity index (χ4v) is 5.32. The van der Waals surface area contributed by atoms with E-state index in [1.165, 1.54) is 10.5 Å². The zero-order chi connectivity index (χ0) is 17.8. The standard InChI is InChI=1S/C18H17N3O4S/c22-26(23,21-10-18(11-21)6-7-24-12-18)14-8-15-16(13-4-2-1-3-5-13)20-25-17(15)19-9-14/h1-5,8-9H,6-7,10-12H2. The minimum Gasteiger partial charge on any atom is -0.381 e. The van der Waals surface area contributed by atoms with E-state index in [4.69, 9.17) is 9.26 Å². The lowest BCUT2D eigenvalue weighted by molar-refractivity contribution is 0.0512. The van der Waals surface area contributed by atoms with E-state index in [9.17, 15) is 8.42 Å². The summed E-state index contributed by atoms with van der Waals surface area (Å²) in [6.07, 6.45) is 2.26. The summed E-state index contributed by atoms with van der Waals surface area (Å²) < 4.78 is 38.1. The van der Waals surface area contributed by atoms with E-state index in [0.29, 0.717) is 43.1 Å². The SMILES string of the molecule is O=S(=O)(c1cnc2onc(-c3ccccc3)c2c1)N1CC2(CCOC2)C1. The molecule has 7 nitrogen and oxygen atoms in total. The summed E-state index contributed by atoms with van der Waals surface area (Å²) in [6, 6.07) is 11.1. The normalized spacial score (nSPS) is 19.8. The number of pyridine rings is 1. The Bertz CT molecular complexity index is 1060. The van der Waals surface area contributed by atoms with Crippen molar-refractivity contribution in [3.8, 4) is 11.3 Å². The molecule has 26 heavy (non-hydrogen) atoms. The van der Waals surface area contributed by atoms with Crippen molar-refractivity contribution in [1.82, 2.24) is 14.4 Å². The second-order valence-corrected chi connectivity index (χ2v) is 8.93.